The number of ether oxygens (including phenoxy) is 1. The van der Waals surface area contributed by atoms with Crippen molar-refractivity contribution in [3.05, 3.63) is 34.9 Å². The third kappa shape index (κ3) is 6.34. The zero-order valence-electron chi connectivity index (χ0n) is 18.2. The fourth-order valence-electron chi connectivity index (χ4n) is 3.77. The molecule has 1 saturated heterocycles. The van der Waals surface area contributed by atoms with Crippen LogP contribution in [0.15, 0.2) is 29.3 Å². The molecule has 0 bridgehead atoms. The number of hydrogen-bond donors (Lipinski definition) is 1. The van der Waals surface area contributed by atoms with E-state index in [-0.39, 0.29) is 11.3 Å². The minimum atomic E-state index is -0.104. The number of hydrogen-bond acceptors (Lipinski definition) is 3. The van der Waals surface area contributed by atoms with Gasteiger partial charge >= 0.3 is 0 Å². The summed E-state index contributed by atoms with van der Waals surface area (Å²) in [5.74, 6) is 0.861. The van der Waals surface area contributed by atoms with Gasteiger partial charge in [0.1, 0.15) is 0 Å². The van der Waals surface area contributed by atoms with Gasteiger partial charge < -0.3 is 19.9 Å². The molecule has 0 spiro atoms. The number of likely N-dealkylation sites (N-methyl/N-ethyl adjacent to an activating group) is 2. The van der Waals surface area contributed by atoms with Crippen LogP contribution >= 0.6 is 11.6 Å². The van der Waals surface area contributed by atoms with Crippen LogP contribution < -0.4 is 5.32 Å². The Bertz CT molecular complexity index is 685. The van der Waals surface area contributed by atoms with Gasteiger partial charge in [-0.25, -0.2) is 0 Å². The van der Waals surface area contributed by atoms with Gasteiger partial charge in [-0.2, -0.15) is 0 Å². The van der Waals surface area contributed by atoms with E-state index in [1.54, 1.807) is 0 Å². The van der Waals surface area contributed by atoms with Crippen LogP contribution in [0.25, 0.3) is 0 Å². The van der Waals surface area contributed by atoms with Gasteiger partial charge in [-0.3, -0.25) is 9.79 Å². The average molecular weight is 423 g/mol. The van der Waals surface area contributed by atoms with Gasteiger partial charge in [-0.15, -0.1) is 0 Å². The van der Waals surface area contributed by atoms with Gasteiger partial charge in [-0.05, 0) is 51.3 Å². The second-order valence-electron chi connectivity index (χ2n) is 7.50. The van der Waals surface area contributed by atoms with Crippen molar-refractivity contribution in [3.63, 3.8) is 0 Å². The number of carbonyl (C=O) groups is 1. The van der Waals surface area contributed by atoms with E-state index in [2.05, 4.69) is 11.4 Å². The highest BCUT2D eigenvalue weighted by Gasteiger charge is 2.35. The van der Waals surface area contributed by atoms with E-state index in [4.69, 9.17) is 21.3 Å². The molecule has 0 atom stereocenters. The smallest absolute Gasteiger partial charge is 0.242 e. The maximum Gasteiger partial charge on any atom is 0.242 e. The largest absolute Gasteiger partial charge is 0.381 e. The summed E-state index contributed by atoms with van der Waals surface area (Å²) in [7, 11) is 1.92. The summed E-state index contributed by atoms with van der Waals surface area (Å²) in [5.41, 5.74) is 1.10. The Hall–Kier alpha value is -1.79. The molecule has 1 N–H and O–H groups in total. The molecule has 0 aliphatic carbocycles. The van der Waals surface area contributed by atoms with E-state index in [0.29, 0.717) is 26.2 Å². The molecule has 1 aliphatic rings. The predicted molar refractivity (Wildman–Crippen MR) is 120 cm³/mol. The molecule has 1 heterocycles. The van der Waals surface area contributed by atoms with E-state index in [1.165, 1.54) is 5.56 Å². The van der Waals surface area contributed by atoms with Crippen molar-refractivity contribution in [2.75, 3.05) is 53.0 Å². The Morgan fingerprint density at radius 3 is 2.52 bits per heavy atom. The van der Waals surface area contributed by atoms with Crippen LogP contribution in [0.4, 0.5) is 0 Å². The van der Waals surface area contributed by atoms with Crippen LogP contribution in [0.1, 0.15) is 39.2 Å². The molecule has 0 unspecified atom stereocenters. The van der Waals surface area contributed by atoms with Crippen LogP contribution in [0.3, 0.4) is 0 Å². The maximum atomic E-state index is 12.5. The standard InChI is InChI=1S/C22H35ClN4O2/c1-5-24-21(26(4)16-20(28)27(6-2)7-3)25-17-22(11-13-29-14-12-22)18-9-8-10-19(23)15-18/h8-10,15H,5-7,11-14,16-17H2,1-4H3,(H,24,25). The first-order chi connectivity index (χ1) is 14.0. The van der Waals surface area contributed by atoms with Gasteiger partial charge in [0.2, 0.25) is 5.91 Å². The highest BCUT2D eigenvalue weighted by atomic mass is 35.5. The first-order valence-electron chi connectivity index (χ1n) is 10.6. The second kappa shape index (κ2) is 11.4. The first kappa shape index (κ1) is 23.5. The van der Waals surface area contributed by atoms with Crippen LogP contribution in [0.5, 0.6) is 0 Å². The van der Waals surface area contributed by atoms with E-state index in [0.717, 1.165) is 43.6 Å². The molecular formula is C22H35ClN4O2. The van der Waals surface area contributed by atoms with E-state index in [1.807, 2.05) is 55.8 Å². The molecule has 6 nitrogen and oxygen atoms in total. The molecule has 1 aliphatic heterocycles. The third-order valence-corrected chi connectivity index (χ3v) is 5.84. The van der Waals surface area contributed by atoms with Crippen molar-refractivity contribution in [1.82, 2.24) is 15.1 Å². The Kier molecular flexibility index (Phi) is 9.24. The van der Waals surface area contributed by atoms with Crippen molar-refractivity contribution in [3.8, 4) is 0 Å². The van der Waals surface area contributed by atoms with Crippen molar-refractivity contribution < 1.29 is 9.53 Å². The molecule has 7 heteroatoms. The molecule has 0 aromatic heterocycles. The number of amides is 1. The molecule has 29 heavy (non-hydrogen) atoms. The number of guanidine groups is 1. The predicted octanol–water partition coefficient (Wildman–Crippen LogP) is 3.15. The summed E-state index contributed by atoms with van der Waals surface area (Å²) >= 11 is 6.27. The molecular weight excluding hydrogens is 388 g/mol. The van der Waals surface area contributed by atoms with Crippen molar-refractivity contribution >= 4 is 23.5 Å². The quantitative estimate of drug-likeness (QED) is 0.516. The molecule has 162 valence electrons. The molecule has 1 amide bonds. The number of rotatable bonds is 8. The van der Waals surface area contributed by atoms with Crippen LogP contribution in [-0.4, -0.2) is 74.7 Å². The molecule has 2 rings (SSSR count). The van der Waals surface area contributed by atoms with Crippen LogP contribution in [0.2, 0.25) is 5.02 Å². The molecule has 1 aromatic carbocycles. The minimum absolute atomic E-state index is 0.104. The number of nitrogens with zero attached hydrogens (tertiary/aromatic N) is 3. The number of nitrogens with one attached hydrogen (secondary N) is 1. The zero-order valence-corrected chi connectivity index (χ0v) is 19.0. The normalized spacial score (nSPS) is 16.4. The SMILES string of the molecule is CCNC(=NCC1(c2cccc(Cl)c2)CCOCC1)N(C)CC(=O)N(CC)CC. The lowest BCUT2D eigenvalue weighted by molar-refractivity contribution is -0.131. The summed E-state index contributed by atoms with van der Waals surface area (Å²) in [6.45, 7) is 10.6. The second-order valence-corrected chi connectivity index (χ2v) is 7.93. The molecule has 1 fully saturated rings. The van der Waals surface area contributed by atoms with E-state index >= 15 is 0 Å². The molecule has 0 radical (unpaired) electrons. The Morgan fingerprint density at radius 1 is 1.24 bits per heavy atom. The molecule has 1 aromatic rings. The van der Waals surface area contributed by atoms with Gasteiger partial charge in [0.05, 0.1) is 13.1 Å². The van der Waals surface area contributed by atoms with Gasteiger partial charge in [0.15, 0.2) is 5.96 Å². The van der Waals surface area contributed by atoms with Crippen LogP contribution in [0, 0.1) is 0 Å². The lowest BCUT2D eigenvalue weighted by Crippen LogP contribution is -2.46. The van der Waals surface area contributed by atoms with Crippen molar-refractivity contribution in [2.24, 2.45) is 4.99 Å². The van der Waals surface area contributed by atoms with E-state index in [9.17, 15) is 4.79 Å². The van der Waals surface area contributed by atoms with Crippen molar-refractivity contribution in [1.29, 1.82) is 0 Å². The third-order valence-electron chi connectivity index (χ3n) is 5.60. The monoisotopic (exact) mass is 422 g/mol. The maximum absolute atomic E-state index is 12.5. The lowest BCUT2D eigenvalue weighted by atomic mass is 9.74. The summed E-state index contributed by atoms with van der Waals surface area (Å²) in [5, 5.41) is 4.07. The van der Waals surface area contributed by atoms with Gasteiger partial charge in [-0.1, -0.05) is 23.7 Å². The summed E-state index contributed by atoms with van der Waals surface area (Å²) in [6, 6.07) is 8.08. The summed E-state index contributed by atoms with van der Waals surface area (Å²) in [4.78, 5) is 21.2. The van der Waals surface area contributed by atoms with Crippen LogP contribution in [-0.2, 0) is 14.9 Å². The fraction of sp³-hybridized carbons (Fsp3) is 0.636. The zero-order chi connectivity index (χ0) is 21.3. The van der Waals surface area contributed by atoms with E-state index < -0.39 is 0 Å². The summed E-state index contributed by atoms with van der Waals surface area (Å²) < 4.78 is 5.62. The average Bonchev–Trinajstić information content (AvgIpc) is 2.72. The van der Waals surface area contributed by atoms with Gasteiger partial charge in [0.25, 0.3) is 0 Å². The molecule has 0 saturated carbocycles. The Balaban J connectivity index is 2.22. The van der Waals surface area contributed by atoms with Gasteiger partial charge in [0, 0.05) is 50.3 Å². The highest BCUT2D eigenvalue weighted by Crippen LogP contribution is 2.36. The fourth-order valence-corrected chi connectivity index (χ4v) is 3.96. The number of aliphatic imine (C=N–C) groups is 1. The lowest BCUT2D eigenvalue weighted by Gasteiger charge is -2.37. The number of benzene rings is 1. The van der Waals surface area contributed by atoms with Crippen molar-refractivity contribution in [2.45, 2.75) is 39.0 Å². The number of carbonyl (C=O) groups excluding carboxylic acids is 1. The first-order valence-corrected chi connectivity index (χ1v) is 10.9. The topological polar surface area (TPSA) is 57.2 Å². The Morgan fingerprint density at radius 2 is 1.93 bits per heavy atom. The highest BCUT2D eigenvalue weighted by molar-refractivity contribution is 6.30. The summed E-state index contributed by atoms with van der Waals surface area (Å²) in [6.07, 6.45) is 1.80. The Labute approximate surface area is 180 Å². The number of halogens is 1. The minimum Gasteiger partial charge on any atom is -0.381 e.